The predicted molar refractivity (Wildman–Crippen MR) is 66.2 cm³/mol. The molecule has 1 aromatic carbocycles. The molecule has 0 aliphatic heterocycles. The smallest absolute Gasteiger partial charge is 0.165 e. The summed E-state index contributed by atoms with van der Waals surface area (Å²) in [4.78, 5) is 11.7. The Kier molecular flexibility index (Phi) is 4.84. The molecule has 18 heavy (non-hydrogen) atoms. The highest BCUT2D eigenvalue weighted by molar-refractivity contribution is 7.90. The van der Waals surface area contributed by atoms with Gasteiger partial charge in [0, 0.05) is 18.2 Å². The molecule has 0 saturated heterocycles. The van der Waals surface area contributed by atoms with Crippen LogP contribution in [0.4, 0.5) is 4.39 Å². The lowest BCUT2D eigenvalue weighted by Gasteiger charge is -2.04. The van der Waals surface area contributed by atoms with E-state index in [1.165, 1.54) is 19.2 Å². The molecular formula is C12H15FO4S. The lowest BCUT2D eigenvalue weighted by atomic mass is 10.1. The molecule has 0 atom stereocenters. The van der Waals surface area contributed by atoms with E-state index in [-0.39, 0.29) is 35.7 Å². The van der Waals surface area contributed by atoms with Gasteiger partial charge in [-0.3, -0.25) is 4.79 Å². The van der Waals surface area contributed by atoms with Gasteiger partial charge in [-0.05, 0) is 24.6 Å². The summed E-state index contributed by atoms with van der Waals surface area (Å²) in [5.74, 6) is -0.855. The summed E-state index contributed by atoms with van der Waals surface area (Å²) in [5.41, 5.74) is 0.224. The number of hydrogen-bond acceptors (Lipinski definition) is 4. The molecule has 0 aromatic heterocycles. The maximum absolute atomic E-state index is 13.3. The first kappa shape index (κ1) is 14.6. The number of sulfone groups is 1. The van der Waals surface area contributed by atoms with Crippen molar-refractivity contribution in [3.63, 3.8) is 0 Å². The topological polar surface area (TPSA) is 60.4 Å². The number of Topliss-reactive ketones (excluding diaryl/α,β-unsaturated/α-hetero) is 1. The molecule has 0 N–H and O–H groups in total. The third kappa shape index (κ3) is 4.44. The van der Waals surface area contributed by atoms with E-state index < -0.39 is 15.7 Å². The Morgan fingerprint density at radius 1 is 1.39 bits per heavy atom. The molecule has 4 nitrogen and oxygen atoms in total. The molecule has 6 heteroatoms. The van der Waals surface area contributed by atoms with Gasteiger partial charge in [-0.2, -0.15) is 0 Å². The molecule has 0 aliphatic rings. The van der Waals surface area contributed by atoms with E-state index in [1.807, 2.05) is 0 Å². The molecule has 0 spiro atoms. The normalized spacial score (nSPS) is 11.3. The van der Waals surface area contributed by atoms with Crippen LogP contribution in [0.15, 0.2) is 18.2 Å². The Morgan fingerprint density at radius 3 is 2.56 bits per heavy atom. The monoisotopic (exact) mass is 274 g/mol. The maximum Gasteiger partial charge on any atom is 0.165 e. The summed E-state index contributed by atoms with van der Waals surface area (Å²) in [6.07, 6.45) is 1.44. The van der Waals surface area contributed by atoms with Crippen molar-refractivity contribution in [1.82, 2.24) is 0 Å². The van der Waals surface area contributed by atoms with Gasteiger partial charge in [-0.15, -0.1) is 0 Å². The summed E-state index contributed by atoms with van der Waals surface area (Å²) in [5, 5.41) is 0. The number of ketones is 1. The van der Waals surface area contributed by atoms with Crippen LogP contribution in [0.25, 0.3) is 0 Å². The van der Waals surface area contributed by atoms with Crippen molar-refractivity contribution >= 4 is 15.6 Å². The molecule has 1 aromatic rings. The summed E-state index contributed by atoms with van der Waals surface area (Å²) in [7, 11) is -1.73. The number of methoxy groups -OCH3 is 1. The summed E-state index contributed by atoms with van der Waals surface area (Å²) >= 11 is 0. The van der Waals surface area contributed by atoms with E-state index in [0.29, 0.717) is 0 Å². The van der Waals surface area contributed by atoms with Gasteiger partial charge in [0.2, 0.25) is 0 Å². The SMILES string of the molecule is COc1ccc(C(=O)CCCS(C)(=O)=O)cc1F. The van der Waals surface area contributed by atoms with E-state index >= 15 is 0 Å². The second-order valence-electron chi connectivity index (χ2n) is 4.01. The Labute approximate surface area is 106 Å². The van der Waals surface area contributed by atoms with Crippen LogP contribution in [-0.2, 0) is 9.84 Å². The quantitative estimate of drug-likeness (QED) is 0.743. The number of hydrogen-bond donors (Lipinski definition) is 0. The van der Waals surface area contributed by atoms with Gasteiger partial charge in [0.15, 0.2) is 17.3 Å². The summed E-state index contributed by atoms with van der Waals surface area (Å²) in [6, 6.07) is 3.94. The van der Waals surface area contributed by atoms with E-state index in [1.54, 1.807) is 0 Å². The first-order chi connectivity index (χ1) is 8.33. The first-order valence-electron chi connectivity index (χ1n) is 5.38. The predicted octanol–water partition coefficient (Wildman–Crippen LogP) is 1.84. The van der Waals surface area contributed by atoms with E-state index in [2.05, 4.69) is 0 Å². The van der Waals surface area contributed by atoms with Crippen LogP contribution in [0, 0.1) is 5.82 Å². The number of carbonyl (C=O) groups excluding carboxylic acids is 1. The third-order valence-corrected chi connectivity index (χ3v) is 3.42. The molecule has 0 saturated carbocycles. The van der Waals surface area contributed by atoms with Crippen LogP contribution in [-0.4, -0.2) is 33.3 Å². The fraction of sp³-hybridized carbons (Fsp3) is 0.417. The number of benzene rings is 1. The standard InChI is InChI=1S/C12H15FO4S/c1-17-12-6-5-9(8-10(12)13)11(14)4-3-7-18(2,15)16/h5-6,8H,3-4,7H2,1-2H3. The fourth-order valence-electron chi connectivity index (χ4n) is 1.48. The summed E-state index contributed by atoms with van der Waals surface area (Å²) < 4.78 is 39.9. The average molecular weight is 274 g/mol. The van der Waals surface area contributed by atoms with Crippen LogP contribution >= 0.6 is 0 Å². The minimum absolute atomic E-state index is 0.0443. The van der Waals surface area contributed by atoms with Crippen molar-refractivity contribution in [3.8, 4) is 5.75 Å². The third-order valence-electron chi connectivity index (χ3n) is 2.39. The average Bonchev–Trinajstić information content (AvgIpc) is 2.27. The molecule has 0 bridgehead atoms. The molecule has 0 aliphatic carbocycles. The van der Waals surface area contributed by atoms with Crippen molar-refractivity contribution in [1.29, 1.82) is 0 Å². The van der Waals surface area contributed by atoms with E-state index in [4.69, 9.17) is 4.74 Å². The minimum Gasteiger partial charge on any atom is -0.494 e. The van der Waals surface area contributed by atoms with Crippen molar-refractivity contribution in [3.05, 3.63) is 29.6 Å². The maximum atomic E-state index is 13.3. The van der Waals surface area contributed by atoms with Gasteiger partial charge in [0.05, 0.1) is 12.9 Å². The lowest BCUT2D eigenvalue weighted by molar-refractivity contribution is 0.0981. The number of carbonyl (C=O) groups is 1. The van der Waals surface area contributed by atoms with Gasteiger partial charge in [0.1, 0.15) is 9.84 Å². The summed E-state index contributed by atoms with van der Waals surface area (Å²) in [6.45, 7) is 0. The molecule has 1 rings (SSSR count). The van der Waals surface area contributed by atoms with Gasteiger partial charge < -0.3 is 4.74 Å². The highest BCUT2D eigenvalue weighted by Crippen LogP contribution is 2.18. The number of rotatable bonds is 6. The fourth-order valence-corrected chi connectivity index (χ4v) is 2.15. The van der Waals surface area contributed by atoms with Crippen molar-refractivity contribution in [2.24, 2.45) is 0 Å². The minimum atomic E-state index is -3.07. The van der Waals surface area contributed by atoms with Gasteiger partial charge in [-0.1, -0.05) is 0 Å². The van der Waals surface area contributed by atoms with E-state index in [9.17, 15) is 17.6 Å². The van der Waals surface area contributed by atoms with Gasteiger partial charge in [0.25, 0.3) is 0 Å². The Hall–Kier alpha value is -1.43. The zero-order chi connectivity index (χ0) is 13.8. The van der Waals surface area contributed by atoms with Crippen molar-refractivity contribution in [2.45, 2.75) is 12.8 Å². The Morgan fingerprint density at radius 2 is 2.06 bits per heavy atom. The van der Waals surface area contributed by atoms with Crippen molar-refractivity contribution < 1.29 is 22.3 Å². The molecule has 0 radical (unpaired) electrons. The molecule has 0 unspecified atom stereocenters. The molecule has 0 fully saturated rings. The molecule has 100 valence electrons. The molecule has 0 amide bonds. The Balaban J connectivity index is 2.65. The van der Waals surface area contributed by atoms with Crippen LogP contribution in [0.1, 0.15) is 23.2 Å². The highest BCUT2D eigenvalue weighted by atomic mass is 32.2. The van der Waals surface area contributed by atoms with Crippen LogP contribution in [0.5, 0.6) is 5.75 Å². The molecule has 0 heterocycles. The zero-order valence-corrected chi connectivity index (χ0v) is 11.1. The van der Waals surface area contributed by atoms with Gasteiger partial charge >= 0.3 is 0 Å². The second-order valence-corrected chi connectivity index (χ2v) is 6.27. The van der Waals surface area contributed by atoms with Crippen LogP contribution in [0.3, 0.4) is 0 Å². The van der Waals surface area contributed by atoms with Crippen LogP contribution < -0.4 is 4.74 Å². The van der Waals surface area contributed by atoms with E-state index in [0.717, 1.165) is 12.3 Å². The van der Waals surface area contributed by atoms with Gasteiger partial charge in [-0.25, -0.2) is 12.8 Å². The lowest BCUT2D eigenvalue weighted by Crippen LogP contribution is -2.07. The molecular weight excluding hydrogens is 259 g/mol. The highest BCUT2D eigenvalue weighted by Gasteiger charge is 2.11. The number of halogens is 1. The van der Waals surface area contributed by atoms with Crippen LogP contribution in [0.2, 0.25) is 0 Å². The number of ether oxygens (including phenoxy) is 1. The second kappa shape index (κ2) is 5.95. The largest absolute Gasteiger partial charge is 0.494 e. The Bertz CT molecular complexity index is 537. The zero-order valence-electron chi connectivity index (χ0n) is 10.3. The first-order valence-corrected chi connectivity index (χ1v) is 7.44. The van der Waals surface area contributed by atoms with Crippen molar-refractivity contribution in [2.75, 3.05) is 19.1 Å².